The first-order valence-corrected chi connectivity index (χ1v) is 5.18. The van der Waals surface area contributed by atoms with Crippen LogP contribution in [0.15, 0.2) is 36.4 Å². The van der Waals surface area contributed by atoms with Gasteiger partial charge < -0.3 is 5.73 Å². The van der Waals surface area contributed by atoms with Gasteiger partial charge in [0.1, 0.15) is 11.9 Å². The summed E-state index contributed by atoms with van der Waals surface area (Å²) in [6.07, 6.45) is 0. The van der Waals surface area contributed by atoms with Crippen LogP contribution in [0.2, 0.25) is 0 Å². The van der Waals surface area contributed by atoms with Crippen LogP contribution < -0.4 is 5.73 Å². The van der Waals surface area contributed by atoms with E-state index in [1.165, 1.54) is 6.07 Å². The number of benzene rings is 2. The second kappa shape index (κ2) is 4.26. The van der Waals surface area contributed by atoms with Crippen molar-refractivity contribution in [1.82, 2.24) is 0 Å². The van der Waals surface area contributed by atoms with E-state index in [4.69, 9.17) is 11.0 Å². The molecule has 0 aliphatic carbocycles. The maximum atomic E-state index is 13.7. The van der Waals surface area contributed by atoms with Gasteiger partial charge in [0.05, 0.1) is 11.3 Å². The highest BCUT2D eigenvalue weighted by molar-refractivity contribution is 5.71. The zero-order valence-corrected chi connectivity index (χ0v) is 9.37. The van der Waals surface area contributed by atoms with E-state index in [0.29, 0.717) is 22.4 Å². The molecular formula is C14H11FN2. The Hall–Kier alpha value is -2.34. The zero-order chi connectivity index (χ0) is 12.4. The molecule has 0 fully saturated rings. The average Bonchev–Trinajstić information content (AvgIpc) is 2.29. The summed E-state index contributed by atoms with van der Waals surface area (Å²) in [7, 11) is 0. The lowest BCUT2D eigenvalue weighted by molar-refractivity contribution is 0.630. The Morgan fingerprint density at radius 1 is 1.18 bits per heavy atom. The highest BCUT2D eigenvalue weighted by Crippen LogP contribution is 2.26. The first kappa shape index (κ1) is 11.2. The van der Waals surface area contributed by atoms with Crippen LogP contribution in [0.25, 0.3) is 11.1 Å². The van der Waals surface area contributed by atoms with Gasteiger partial charge in [-0.1, -0.05) is 18.2 Å². The molecule has 3 heteroatoms. The molecule has 0 heterocycles. The lowest BCUT2D eigenvalue weighted by Gasteiger charge is -2.06. The normalized spacial score (nSPS) is 9.94. The van der Waals surface area contributed by atoms with Crippen LogP contribution in [0.4, 0.5) is 10.1 Å². The summed E-state index contributed by atoms with van der Waals surface area (Å²) in [6, 6.07) is 11.9. The first-order chi connectivity index (χ1) is 8.11. The van der Waals surface area contributed by atoms with Crippen molar-refractivity contribution in [1.29, 1.82) is 5.26 Å². The summed E-state index contributed by atoms with van der Waals surface area (Å²) in [5.74, 6) is -0.283. The van der Waals surface area contributed by atoms with Gasteiger partial charge in [-0.3, -0.25) is 0 Å². The van der Waals surface area contributed by atoms with Crippen LogP contribution in [-0.2, 0) is 0 Å². The van der Waals surface area contributed by atoms with E-state index >= 15 is 0 Å². The van der Waals surface area contributed by atoms with E-state index in [1.807, 2.05) is 19.1 Å². The molecule has 0 spiro atoms. The molecule has 0 unspecified atom stereocenters. The third-order valence-electron chi connectivity index (χ3n) is 2.61. The minimum absolute atomic E-state index is 0.283. The van der Waals surface area contributed by atoms with Crippen LogP contribution in [0.3, 0.4) is 0 Å². The molecule has 0 radical (unpaired) electrons. The minimum Gasteiger partial charge on any atom is -0.398 e. The third-order valence-corrected chi connectivity index (χ3v) is 2.61. The highest BCUT2D eigenvalue weighted by Gasteiger charge is 2.07. The van der Waals surface area contributed by atoms with E-state index in [1.54, 1.807) is 24.3 Å². The first-order valence-electron chi connectivity index (χ1n) is 5.18. The molecule has 2 nitrogen and oxygen atoms in total. The number of hydrogen-bond acceptors (Lipinski definition) is 2. The van der Waals surface area contributed by atoms with Gasteiger partial charge in [0.15, 0.2) is 0 Å². The number of nitrogens with zero attached hydrogens (tertiary/aromatic N) is 1. The predicted octanol–water partition coefficient (Wildman–Crippen LogP) is 3.26. The Bertz CT molecular complexity index is 612. The van der Waals surface area contributed by atoms with Gasteiger partial charge in [0.25, 0.3) is 0 Å². The van der Waals surface area contributed by atoms with Gasteiger partial charge in [0, 0.05) is 5.56 Å². The molecular weight excluding hydrogens is 215 g/mol. The van der Waals surface area contributed by atoms with Crippen molar-refractivity contribution in [2.24, 2.45) is 0 Å². The molecule has 17 heavy (non-hydrogen) atoms. The summed E-state index contributed by atoms with van der Waals surface area (Å²) in [6.45, 7) is 1.83. The second-order valence-corrected chi connectivity index (χ2v) is 3.90. The third kappa shape index (κ3) is 2.11. The molecule has 2 aromatic carbocycles. The van der Waals surface area contributed by atoms with Crippen molar-refractivity contribution in [3.63, 3.8) is 0 Å². The molecule has 0 aromatic heterocycles. The summed E-state index contributed by atoms with van der Waals surface area (Å²) < 4.78 is 13.7. The number of nitrogen functional groups attached to an aromatic ring is 1. The summed E-state index contributed by atoms with van der Waals surface area (Å²) >= 11 is 0. The topological polar surface area (TPSA) is 49.8 Å². The summed E-state index contributed by atoms with van der Waals surface area (Å²) in [5, 5.41) is 8.77. The van der Waals surface area contributed by atoms with Crippen molar-refractivity contribution < 1.29 is 4.39 Å². The molecule has 2 N–H and O–H groups in total. The lowest BCUT2D eigenvalue weighted by atomic mass is 10.0. The van der Waals surface area contributed by atoms with Crippen LogP contribution in [0.1, 0.15) is 11.1 Å². The second-order valence-electron chi connectivity index (χ2n) is 3.90. The van der Waals surface area contributed by atoms with E-state index in [2.05, 4.69) is 0 Å². The molecule has 2 aromatic rings. The van der Waals surface area contributed by atoms with Crippen molar-refractivity contribution in [2.45, 2.75) is 6.92 Å². The molecule has 2 rings (SSSR count). The molecule has 0 aliphatic heterocycles. The Morgan fingerprint density at radius 3 is 2.53 bits per heavy atom. The highest BCUT2D eigenvalue weighted by atomic mass is 19.1. The summed E-state index contributed by atoms with van der Waals surface area (Å²) in [5.41, 5.74) is 8.51. The maximum Gasteiger partial charge on any atom is 0.131 e. The SMILES string of the molecule is Cc1ccc(-c2ccc(C#N)c(N)c2)c(F)c1. The fourth-order valence-corrected chi connectivity index (χ4v) is 1.69. The van der Waals surface area contributed by atoms with Gasteiger partial charge in [0.2, 0.25) is 0 Å². The Balaban J connectivity index is 2.54. The summed E-state index contributed by atoms with van der Waals surface area (Å²) in [4.78, 5) is 0. The fourth-order valence-electron chi connectivity index (χ4n) is 1.69. The number of nitriles is 1. The lowest BCUT2D eigenvalue weighted by Crippen LogP contribution is -1.92. The molecule has 0 saturated heterocycles. The van der Waals surface area contributed by atoms with E-state index in [0.717, 1.165) is 5.56 Å². The van der Waals surface area contributed by atoms with Crippen molar-refractivity contribution in [3.8, 4) is 17.2 Å². The standard InChI is InChI=1S/C14H11FN2/c1-9-2-5-12(13(15)6-9)10-3-4-11(8-16)14(17)7-10/h2-7H,17H2,1H3. The van der Waals surface area contributed by atoms with Gasteiger partial charge >= 0.3 is 0 Å². The van der Waals surface area contributed by atoms with Crippen LogP contribution in [-0.4, -0.2) is 0 Å². The number of nitrogens with two attached hydrogens (primary N) is 1. The minimum atomic E-state index is -0.283. The van der Waals surface area contributed by atoms with E-state index in [9.17, 15) is 4.39 Å². The van der Waals surface area contributed by atoms with Gasteiger partial charge in [-0.15, -0.1) is 0 Å². The van der Waals surface area contributed by atoms with Crippen LogP contribution in [0.5, 0.6) is 0 Å². The van der Waals surface area contributed by atoms with Gasteiger partial charge in [-0.05, 0) is 36.2 Å². The van der Waals surface area contributed by atoms with Crippen molar-refractivity contribution in [3.05, 3.63) is 53.3 Å². The molecule has 0 aliphatic rings. The largest absolute Gasteiger partial charge is 0.398 e. The average molecular weight is 226 g/mol. The zero-order valence-electron chi connectivity index (χ0n) is 9.37. The van der Waals surface area contributed by atoms with Crippen molar-refractivity contribution in [2.75, 3.05) is 5.73 Å². The molecule has 0 bridgehead atoms. The quantitative estimate of drug-likeness (QED) is 0.759. The van der Waals surface area contributed by atoms with Crippen LogP contribution in [0, 0.1) is 24.1 Å². The number of hydrogen-bond donors (Lipinski definition) is 1. The number of halogens is 1. The molecule has 0 atom stereocenters. The van der Waals surface area contributed by atoms with Gasteiger partial charge in [-0.25, -0.2) is 4.39 Å². The van der Waals surface area contributed by atoms with Crippen LogP contribution >= 0.6 is 0 Å². The Morgan fingerprint density at radius 2 is 1.94 bits per heavy atom. The Kier molecular flexibility index (Phi) is 2.80. The Labute approximate surface area is 99.1 Å². The fraction of sp³-hybridized carbons (Fsp3) is 0.0714. The van der Waals surface area contributed by atoms with E-state index in [-0.39, 0.29) is 5.82 Å². The number of rotatable bonds is 1. The van der Waals surface area contributed by atoms with Crippen molar-refractivity contribution >= 4 is 5.69 Å². The molecule has 0 amide bonds. The molecule has 84 valence electrons. The monoisotopic (exact) mass is 226 g/mol. The molecule has 0 saturated carbocycles. The number of anilines is 1. The predicted molar refractivity (Wildman–Crippen MR) is 65.7 cm³/mol. The number of aryl methyl sites for hydroxylation is 1. The van der Waals surface area contributed by atoms with Gasteiger partial charge in [-0.2, -0.15) is 5.26 Å². The smallest absolute Gasteiger partial charge is 0.131 e. The van der Waals surface area contributed by atoms with E-state index < -0.39 is 0 Å². The maximum absolute atomic E-state index is 13.7.